The summed E-state index contributed by atoms with van der Waals surface area (Å²) in [5.74, 6) is 1.04. The van der Waals surface area contributed by atoms with Crippen molar-refractivity contribution in [2.45, 2.75) is 19.8 Å². The molecule has 1 aromatic heterocycles. The van der Waals surface area contributed by atoms with Crippen molar-refractivity contribution in [3.05, 3.63) is 45.4 Å². The molecule has 0 amide bonds. The Morgan fingerprint density at radius 1 is 1.28 bits per heavy atom. The largest absolute Gasteiger partial charge is 0.497 e. The zero-order valence-corrected chi connectivity index (χ0v) is 11.8. The molecule has 0 bridgehead atoms. The van der Waals surface area contributed by atoms with Gasteiger partial charge < -0.3 is 10.5 Å². The van der Waals surface area contributed by atoms with Crippen molar-refractivity contribution in [3.63, 3.8) is 0 Å². The van der Waals surface area contributed by atoms with Gasteiger partial charge in [0.15, 0.2) is 0 Å². The summed E-state index contributed by atoms with van der Waals surface area (Å²) in [6.07, 6.45) is 0. The summed E-state index contributed by atoms with van der Waals surface area (Å²) in [5.41, 5.74) is 8.19. The number of aromatic nitrogens is 1. The van der Waals surface area contributed by atoms with Crippen LogP contribution >= 0.6 is 11.3 Å². The van der Waals surface area contributed by atoms with E-state index in [2.05, 4.69) is 24.0 Å². The van der Waals surface area contributed by atoms with Crippen molar-refractivity contribution >= 4 is 11.3 Å². The van der Waals surface area contributed by atoms with Gasteiger partial charge in [-0.15, -0.1) is 11.3 Å². The molecule has 2 rings (SSSR count). The number of aryl methyl sites for hydroxylation is 2. The average molecular weight is 262 g/mol. The highest BCUT2D eigenvalue weighted by Crippen LogP contribution is 2.29. The number of hydrogen-bond acceptors (Lipinski definition) is 4. The molecule has 0 radical (unpaired) electrons. The topological polar surface area (TPSA) is 48.1 Å². The van der Waals surface area contributed by atoms with E-state index in [0.717, 1.165) is 16.5 Å². The summed E-state index contributed by atoms with van der Waals surface area (Å²) in [6.45, 7) is 4.70. The second-order valence-electron chi connectivity index (χ2n) is 4.26. The van der Waals surface area contributed by atoms with E-state index in [0.29, 0.717) is 6.54 Å². The predicted octanol–water partition coefficient (Wildman–Crippen LogP) is 2.86. The highest BCUT2D eigenvalue weighted by atomic mass is 32.1. The first-order chi connectivity index (χ1) is 8.65. The molecular formula is C14H18N2OS. The van der Waals surface area contributed by atoms with Gasteiger partial charge >= 0.3 is 0 Å². The molecule has 1 unspecified atom stereocenters. The molecule has 0 aliphatic heterocycles. The van der Waals surface area contributed by atoms with Crippen LogP contribution in [-0.4, -0.2) is 18.6 Å². The first kappa shape index (κ1) is 13.1. The molecule has 2 aromatic rings. The average Bonchev–Trinajstić information content (AvgIpc) is 2.71. The van der Waals surface area contributed by atoms with Gasteiger partial charge in [0.25, 0.3) is 0 Å². The van der Waals surface area contributed by atoms with Gasteiger partial charge in [0.2, 0.25) is 0 Å². The molecule has 1 aromatic carbocycles. The SMILES string of the molecule is COc1ccc(C(CN)c2nc(C)c(C)s2)cc1. The van der Waals surface area contributed by atoms with Gasteiger partial charge in [-0.2, -0.15) is 0 Å². The maximum atomic E-state index is 5.90. The number of benzene rings is 1. The maximum absolute atomic E-state index is 5.90. The molecule has 96 valence electrons. The minimum Gasteiger partial charge on any atom is -0.497 e. The van der Waals surface area contributed by atoms with Gasteiger partial charge in [0, 0.05) is 17.3 Å². The van der Waals surface area contributed by atoms with E-state index in [1.165, 1.54) is 10.4 Å². The number of nitrogens with two attached hydrogens (primary N) is 1. The third-order valence-corrected chi connectivity index (χ3v) is 4.28. The van der Waals surface area contributed by atoms with Crippen molar-refractivity contribution in [2.24, 2.45) is 5.73 Å². The fraction of sp³-hybridized carbons (Fsp3) is 0.357. The fourth-order valence-electron chi connectivity index (χ4n) is 1.86. The van der Waals surface area contributed by atoms with E-state index in [9.17, 15) is 0 Å². The number of rotatable bonds is 4. The molecule has 0 aliphatic carbocycles. The van der Waals surface area contributed by atoms with Crippen molar-refractivity contribution in [3.8, 4) is 5.75 Å². The van der Waals surface area contributed by atoms with E-state index in [4.69, 9.17) is 10.5 Å². The normalized spacial score (nSPS) is 12.4. The molecule has 0 aliphatic rings. The summed E-state index contributed by atoms with van der Waals surface area (Å²) in [6, 6.07) is 8.04. The lowest BCUT2D eigenvalue weighted by Crippen LogP contribution is -2.13. The molecule has 1 heterocycles. The lowest BCUT2D eigenvalue weighted by molar-refractivity contribution is 0.414. The minimum atomic E-state index is 0.174. The maximum Gasteiger partial charge on any atom is 0.118 e. The molecule has 18 heavy (non-hydrogen) atoms. The third kappa shape index (κ3) is 2.54. The predicted molar refractivity (Wildman–Crippen MR) is 75.5 cm³/mol. The van der Waals surface area contributed by atoms with E-state index in [1.54, 1.807) is 18.4 Å². The number of ether oxygens (including phenoxy) is 1. The Morgan fingerprint density at radius 2 is 1.94 bits per heavy atom. The summed E-state index contributed by atoms with van der Waals surface area (Å²) in [7, 11) is 1.67. The van der Waals surface area contributed by atoms with Crippen molar-refractivity contribution < 1.29 is 4.74 Å². The minimum absolute atomic E-state index is 0.174. The standard InChI is InChI=1S/C14H18N2OS/c1-9-10(2)18-14(16-9)13(8-15)11-4-6-12(17-3)7-5-11/h4-7,13H,8,15H2,1-3H3. The zero-order valence-electron chi connectivity index (χ0n) is 10.9. The Labute approximate surface area is 112 Å². The summed E-state index contributed by atoms with van der Waals surface area (Å²) < 4.78 is 5.17. The number of methoxy groups -OCH3 is 1. The van der Waals surface area contributed by atoms with Crippen LogP contribution < -0.4 is 10.5 Å². The van der Waals surface area contributed by atoms with E-state index in [-0.39, 0.29) is 5.92 Å². The van der Waals surface area contributed by atoms with Crippen LogP contribution in [0.15, 0.2) is 24.3 Å². The number of hydrogen-bond donors (Lipinski definition) is 1. The van der Waals surface area contributed by atoms with Crippen LogP contribution in [0.25, 0.3) is 0 Å². The van der Waals surface area contributed by atoms with Crippen molar-refractivity contribution in [1.29, 1.82) is 0 Å². The van der Waals surface area contributed by atoms with Crippen LogP contribution in [0.5, 0.6) is 5.75 Å². The molecule has 3 nitrogen and oxygen atoms in total. The molecule has 0 fully saturated rings. The third-order valence-electron chi connectivity index (χ3n) is 3.10. The van der Waals surface area contributed by atoms with Gasteiger partial charge in [0.1, 0.15) is 10.8 Å². The molecule has 0 saturated heterocycles. The lowest BCUT2D eigenvalue weighted by atomic mass is 10.00. The quantitative estimate of drug-likeness (QED) is 0.921. The van der Waals surface area contributed by atoms with Gasteiger partial charge in [-0.25, -0.2) is 4.98 Å². The highest BCUT2D eigenvalue weighted by Gasteiger charge is 2.17. The van der Waals surface area contributed by atoms with E-state index in [1.807, 2.05) is 19.1 Å². The molecule has 0 saturated carbocycles. The molecular weight excluding hydrogens is 244 g/mol. The second kappa shape index (κ2) is 5.50. The van der Waals surface area contributed by atoms with Crippen LogP contribution in [0.3, 0.4) is 0 Å². The van der Waals surface area contributed by atoms with Crippen LogP contribution in [-0.2, 0) is 0 Å². The van der Waals surface area contributed by atoms with Gasteiger partial charge in [-0.3, -0.25) is 0 Å². The lowest BCUT2D eigenvalue weighted by Gasteiger charge is -2.12. The number of thiazole rings is 1. The van der Waals surface area contributed by atoms with Gasteiger partial charge in [0.05, 0.1) is 12.8 Å². The first-order valence-corrected chi connectivity index (χ1v) is 6.75. The highest BCUT2D eigenvalue weighted by molar-refractivity contribution is 7.11. The van der Waals surface area contributed by atoms with Crippen LogP contribution in [0, 0.1) is 13.8 Å². The molecule has 2 N–H and O–H groups in total. The van der Waals surface area contributed by atoms with Crippen molar-refractivity contribution in [1.82, 2.24) is 4.98 Å². The Bertz CT molecular complexity index is 500. The van der Waals surface area contributed by atoms with Gasteiger partial charge in [-0.1, -0.05) is 12.1 Å². The second-order valence-corrected chi connectivity index (χ2v) is 5.49. The fourth-order valence-corrected chi connectivity index (χ4v) is 2.93. The monoisotopic (exact) mass is 262 g/mol. The van der Waals surface area contributed by atoms with Crippen molar-refractivity contribution in [2.75, 3.05) is 13.7 Å². The Hall–Kier alpha value is -1.39. The summed E-state index contributed by atoms with van der Waals surface area (Å²) >= 11 is 1.73. The van der Waals surface area contributed by atoms with Gasteiger partial charge in [-0.05, 0) is 31.5 Å². The van der Waals surface area contributed by atoms with E-state index < -0.39 is 0 Å². The molecule has 0 spiro atoms. The summed E-state index contributed by atoms with van der Waals surface area (Å²) in [5, 5.41) is 1.10. The zero-order chi connectivity index (χ0) is 13.1. The molecule has 1 atom stereocenters. The first-order valence-electron chi connectivity index (χ1n) is 5.93. The van der Waals surface area contributed by atoms with Crippen LogP contribution in [0.1, 0.15) is 27.1 Å². The Balaban J connectivity index is 2.32. The Morgan fingerprint density at radius 3 is 2.39 bits per heavy atom. The molecule has 4 heteroatoms. The summed E-state index contributed by atoms with van der Waals surface area (Å²) in [4.78, 5) is 5.87. The van der Waals surface area contributed by atoms with Crippen LogP contribution in [0.4, 0.5) is 0 Å². The van der Waals surface area contributed by atoms with E-state index >= 15 is 0 Å². The Kier molecular flexibility index (Phi) is 3.99. The number of nitrogens with zero attached hydrogens (tertiary/aromatic N) is 1. The van der Waals surface area contributed by atoms with Crippen LogP contribution in [0.2, 0.25) is 0 Å². The smallest absolute Gasteiger partial charge is 0.118 e.